The summed E-state index contributed by atoms with van der Waals surface area (Å²) >= 11 is 0.266. The van der Waals surface area contributed by atoms with Crippen molar-refractivity contribution in [2.24, 2.45) is 16.0 Å². The highest BCUT2D eigenvalue weighted by molar-refractivity contribution is 7.91. The largest absolute Gasteiger partial charge is 0.370 e. The first kappa shape index (κ1) is 33.4. The number of sulfone groups is 1. The molecule has 0 spiro atoms. The lowest BCUT2D eigenvalue weighted by Gasteiger charge is -2.10. The molecule has 0 atom stereocenters. The van der Waals surface area contributed by atoms with Gasteiger partial charge in [0.05, 0.1) is 28.6 Å². The van der Waals surface area contributed by atoms with E-state index in [0.717, 1.165) is 0 Å². The van der Waals surface area contributed by atoms with E-state index in [1.807, 2.05) is 0 Å². The number of nitrogens with zero attached hydrogens (tertiary/aromatic N) is 2. The second kappa shape index (κ2) is 15.4. The molecule has 0 heterocycles. The molecule has 0 bridgehead atoms. The number of hydrogen-bond donors (Lipinski definition) is 6. The molecule has 0 saturated heterocycles. The molecule has 0 aliphatic heterocycles. The van der Waals surface area contributed by atoms with E-state index in [1.165, 1.54) is 66.7 Å². The zero-order chi connectivity index (χ0) is 31.5. The van der Waals surface area contributed by atoms with Crippen molar-refractivity contribution in [3.8, 4) is 0 Å². The molecule has 0 saturated carbocycles. The molecule has 43 heavy (non-hydrogen) atoms. The molecular formula is C23H24N6O11S3. The number of primary amides is 1. The van der Waals surface area contributed by atoms with Gasteiger partial charge in [-0.3, -0.25) is 13.5 Å². The summed E-state index contributed by atoms with van der Waals surface area (Å²) in [4.78, 5) is 24.0. The Kier molecular flexibility index (Phi) is 11.9. The van der Waals surface area contributed by atoms with E-state index in [1.54, 1.807) is 0 Å². The van der Waals surface area contributed by atoms with Crippen LogP contribution in [-0.2, 0) is 33.5 Å². The summed E-state index contributed by atoms with van der Waals surface area (Å²) in [5, 5.41) is 26.9. The second-order valence-corrected chi connectivity index (χ2v) is 12.3. The number of amides is 3. The number of nitrogens with one attached hydrogen (secondary N) is 3. The quantitative estimate of drug-likeness (QED) is 0.0339. The van der Waals surface area contributed by atoms with Gasteiger partial charge in [-0.05, 0) is 66.7 Å². The molecule has 3 aromatic rings. The Morgan fingerprint density at radius 1 is 0.907 bits per heavy atom. The Labute approximate surface area is 249 Å². The fraction of sp³-hybridized carbons (Fsp3) is 0.130. The van der Waals surface area contributed by atoms with Crippen LogP contribution in [0.4, 0.5) is 33.2 Å². The minimum absolute atomic E-state index is 0.00586. The Bertz CT molecular complexity index is 1670. The topological polar surface area (TPSA) is 257 Å². The van der Waals surface area contributed by atoms with Gasteiger partial charge in [-0.15, -0.1) is 9.45 Å². The number of benzene rings is 3. The van der Waals surface area contributed by atoms with Gasteiger partial charge in [0.1, 0.15) is 11.6 Å². The minimum Gasteiger partial charge on any atom is -0.370 e. The van der Waals surface area contributed by atoms with E-state index in [4.69, 9.17) is 19.7 Å². The molecule has 0 aliphatic rings. The van der Waals surface area contributed by atoms with Crippen molar-refractivity contribution >= 4 is 72.7 Å². The number of urea groups is 1. The van der Waals surface area contributed by atoms with Gasteiger partial charge in [0.25, 0.3) is 16.0 Å². The second-order valence-electron chi connectivity index (χ2n) is 8.20. The van der Waals surface area contributed by atoms with Gasteiger partial charge in [-0.2, -0.15) is 13.5 Å². The Morgan fingerprint density at radius 3 is 2.21 bits per heavy atom. The Hall–Kier alpha value is -4.15. The molecule has 20 heteroatoms. The van der Waals surface area contributed by atoms with Gasteiger partial charge in [0.2, 0.25) is 0 Å². The van der Waals surface area contributed by atoms with E-state index < -0.39 is 37.8 Å². The van der Waals surface area contributed by atoms with Gasteiger partial charge in [-0.1, -0.05) is 5.04 Å². The van der Waals surface area contributed by atoms with Gasteiger partial charge in [0.15, 0.2) is 22.2 Å². The number of azo groups is 1. The van der Waals surface area contributed by atoms with Crippen molar-refractivity contribution < 1.29 is 49.8 Å². The summed E-state index contributed by atoms with van der Waals surface area (Å²) in [6.45, 7) is -0.237. The number of rotatable bonds is 15. The predicted octanol–water partition coefficient (Wildman–Crippen LogP) is 3.88. The van der Waals surface area contributed by atoms with Crippen LogP contribution in [0.1, 0.15) is 10.4 Å². The summed E-state index contributed by atoms with van der Waals surface area (Å²) in [6, 6.07) is 14.8. The third-order valence-corrected chi connectivity index (χ3v) is 7.71. The van der Waals surface area contributed by atoms with Crippen molar-refractivity contribution in [2.45, 2.75) is 4.90 Å². The van der Waals surface area contributed by atoms with E-state index in [0.29, 0.717) is 11.4 Å². The van der Waals surface area contributed by atoms with Crippen LogP contribution in [0, 0.1) is 0 Å². The fourth-order valence-corrected chi connectivity index (χ4v) is 4.97. The van der Waals surface area contributed by atoms with Crippen molar-refractivity contribution in [1.29, 1.82) is 0 Å². The molecule has 3 aromatic carbocycles. The first-order valence-corrected chi connectivity index (χ1v) is 15.6. The Morgan fingerprint density at radius 2 is 1.58 bits per heavy atom. The zero-order valence-corrected chi connectivity index (χ0v) is 24.2. The molecule has 3 amide bonds. The lowest BCUT2D eigenvalue weighted by atomic mass is 10.2. The van der Waals surface area contributed by atoms with Crippen molar-refractivity contribution in [3.05, 3.63) is 72.3 Å². The van der Waals surface area contributed by atoms with Crippen LogP contribution in [-0.4, -0.2) is 56.8 Å². The first-order valence-electron chi connectivity index (χ1n) is 11.7. The van der Waals surface area contributed by atoms with Crippen LogP contribution in [0.2, 0.25) is 0 Å². The molecule has 0 aliphatic carbocycles. The summed E-state index contributed by atoms with van der Waals surface area (Å²) < 4.78 is 64.3. The Balaban J connectivity index is 1.62. The van der Waals surface area contributed by atoms with Crippen LogP contribution >= 0.6 is 12.3 Å². The third kappa shape index (κ3) is 11.2. The molecule has 0 radical (unpaired) electrons. The van der Waals surface area contributed by atoms with Gasteiger partial charge >= 0.3 is 6.03 Å². The number of anilines is 3. The van der Waals surface area contributed by atoms with E-state index >= 15 is 0 Å². The summed E-state index contributed by atoms with van der Waals surface area (Å²) in [6.07, 6.45) is 0. The number of nitrogens with two attached hydrogens (primary N) is 1. The van der Waals surface area contributed by atoms with E-state index in [2.05, 4.69) is 35.6 Å². The lowest BCUT2D eigenvalue weighted by molar-refractivity contribution is -0.434. The summed E-state index contributed by atoms with van der Waals surface area (Å²) in [7, 11) is -7.97. The summed E-state index contributed by atoms with van der Waals surface area (Å²) in [5.74, 6) is -1.60. The third-order valence-electron chi connectivity index (χ3n) is 5.13. The maximum atomic E-state index is 12.7. The van der Waals surface area contributed by atoms with Crippen LogP contribution in [0.15, 0.2) is 81.9 Å². The van der Waals surface area contributed by atoms with Crippen LogP contribution < -0.4 is 21.7 Å². The molecule has 17 nitrogen and oxygen atoms in total. The maximum absolute atomic E-state index is 12.7. The normalized spacial score (nSPS) is 11.8. The van der Waals surface area contributed by atoms with Crippen molar-refractivity contribution in [1.82, 2.24) is 0 Å². The van der Waals surface area contributed by atoms with Gasteiger partial charge in [0, 0.05) is 16.9 Å². The molecule has 0 aromatic heterocycles. The molecule has 3 rings (SSSR count). The number of hydrogen-bond acceptors (Lipinski definition) is 14. The summed E-state index contributed by atoms with van der Waals surface area (Å²) in [5.41, 5.74) is 6.69. The average molecular weight is 657 g/mol. The highest BCUT2D eigenvalue weighted by atomic mass is 32.2. The van der Waals surface area contributed by atoms with Crippen molar-refractivity contribution in [3.63, 3.8) is 0 Å². The lowest BCUT2D eigenvalue weighted by Crippen LogP contribution is -2.19. The van der Waals surface area contributed by atoms with E-state index in [9.17, 15) is 26.4 Å². The monoisotopic (exact) mass is 656 g/mol. The molecule has 0 fully saturated rings. The number of carbonyl (C=O) groups excluding carboxylic acids is 2. The zero-order valence-electron chi connectivity index (χ0n) is 21.7. The standard InChI is InChI=1S/C23H24N6O11S3/c24-23(31)27-21-13-18(25-14-43(35,36)37)7-10-20(21)29-28-17-3-1-15(2-4-17)22(30)26-16-5-8-19(9-6-16)42(33,34)12-11-38-41-40-39-32/h1-10,13,25,32H,11-12,14H2,(H,26,30)(H3,24,27,31)(H,35,36,37). The molecular weight excluding hydrogens is 632 g/mol. The molecule has 0 unspecified atom stereocenters. The fourth-order valence-electron chi connectivity index (χ4n) is 3.21. The molecule has 230 valence electrons. The minimum atomic E-state index is -4.29. The van der Waals surface area contributed by atoms with Crippen LogP contribution in [0.5, 0.6) is 0 Å². The smallest absolute Gasteiger partial charge is 0.316 e. The van der Waals surface area contributed by atoms with E-state index in [-0.39, 0.29) is 52.2 Å². The average Bonchev–Trinajstić information content (AvgIpc) is 2.95. The molecule has 7 N–H and O–H groups in total. The number of carbonyl (C=O) groups is 2. The SMILES string of the molecule is NC(=O)Nc1cc(NCS(=O)(=O)O)ccc1N=Nc1ccc(C(=O)Nc2ccc(S(=O)(=O)CCOSOOO)cc2)cc1. The highest BCUT2D eigenvalue weighted by Gasteiger charge is 2.15. The van der Waals surface area contributed by atoms with Gasteiger partial charge in [-0.25, -0.2) is 18.5 Å². The van der Waals surface area contributed by atoms with Gasteiger partial charge < -0.3 is 21.7 Å². The maximum Gasteiger partial charge on any atom is 0.316 e. The predicted molar refractivity (Wildman–Crippen MR) is 155 cm³/mol. The van der Waals surface area contributed by atoms with Crippen molar-refractivity contribution in [2.75, 3.05) is 34.2 Å². The van der Waals surface area contributed by atoms with Crippen LogP contribution in [0.25, 0.3) is 0 Å². The first-order chi connectivity index (χ1) is 20.4. The van der Waals surface area contributed by atoms with Crippen LogP contribution in [0.3, 0.4) is 0 Å². The highest BCUT2D eigenvalue weighted by Crippen LogP contribution is 2.30.